The summed E-state index contributed by atoms with van der Waals surface area (Å²) in [6.07, 6.45) is 1.44. The normalized spacial score (nSPS) is 10.9. The van der Waals surface area contributed by atoms with E-state index in [1.165, 1.54) is 12.3 Å². The number of pyridine rings is 1. The number of nitrogens with zero attached hydrogens (tertiary/aromatic N) is 1. The first kappa shape index (κ1) is 18.1. The van der Waals surface area contributed by atoms with Crippen LogP contribution >= 0.6 is 11.6 Å². The van der Waals surface area contributed by atoms with E-state index in [2.05, 4.69) is 0 Å². The van der Waals surface area contributed by atoms with Crippen LogP contribution in [0.25, 0.3) is 10.9 Å². The minimum absolute atomic E-state index is 0.0848. The molecule has 0 atom stereocenters. The number of halogens is 2. The molecule has 1 aromatic heterocycles. The van der Waals surface area contributed by atoms with Gasteiger partial charge in [0, 0.05) is 18.1 Å². The van der Waals surface area contributed by atoms with E-state index in [9.17, 15) is 14.0 Å². The molecule has 0 aliphatic heterocycles. The van der Waals surface area contributed by atoms with Gasteiger partial charge in [0.2, 0.25) is 5.43 Å². The van der Waals surface area contributed by atoms with Crippen LogP contribution in [0.15, 0.2) is 47.4 Å². The predicted octanol–water partition coefficient (Wildman–Crippen LogP) is 4.33. The molecule has 0 unspecified atom stereocenters. The summed E-state index contributed by atoms with van der Waals surface area (Å²) in [5, 5.41) is 0.00278. The Morgan fingerprint density at radius 1 is 1.23 bits per heavy atom. The van der Waals surface area contributed by atoms with Crippen molar-refractivity contribution in [3.8, 4) is 0 Å². The van der Waals surface area contributed by atoms with E-state index in [1.54, 1.807) is 11.5 Å². The number of benzene rings is 2. The van der Waals surface area contributed by atoms with Crippen LogP contribution in [-0.4, -0.2) is 17.1 Å². The number of aryl methyl sites for hydroxylation is 1. The van der Waals surface area contributed by atoms with Gasteiger partial charge in [0.1, 0.15) is 11.4 Å². The lowest BCUT2D eigenvalue weighted by atomic mass is 10.1. The summed E-state index contributed by atoms with van der Waals surface area (Å²) in [6.45, 7) is 4.18. The summed E-state index contributed by atoms with van der Waals surface area (Å²) in [5.41, 5.74) is 1.84. The fourth-order valence-electron chi connectivity index (χ4n) is 2.76. The first-order chi connectivity index (χ1) is 12.4. The number of carbonyl (C=O) groups is 1. The Hall–Kier alpha value is -2.66. The molecule has 0 radical (unpaired) electrons. The minimum Gasteiger partial charge on any atom is -0.462 e. The summed E-state index contributed by atoms with van der Waals surface area (Å²) in [7, 11) is 0. The number of rotatable bonds is 4. The van der Waals surface area contributed by atoms with Crippen LogP contribution in [0, 0.1) is 12.7 Å². The van der Waals surface area contributed by atoms with E-state index < -0.39 is 17.2 Å². The summed E-state index contributed by atoms with van der Waals surface area (Å²) in [6, 6.07) is 10.3. The first-order valence-corrected chi connectivity index (χ1v) is 8.53. The molecular formula is C20H17ClFNO3. The van der Waals surface area contributed by atoms with E-state index in [4.69, 9.17) is 16.3 Å². The lowest BCUT2D eigenvalue weighted by molar-refractivity contribution is 0.0524. The monoisotopic (exact) mass is 373 g/mol. The molecule has 0 aliphatic rings. The molecule has 0 bridgehead atoms. The maximum atomic E-state index is 13.9. The van der Waals surface area contributed by atoms with Crippen molar-refractivity contribution in [1.82, 2.24) is 4.57 Å². The molecule has 0 spiro atoms. The number of aromatic nitrogens is 1. The van der Waals surface area contributed by atoms with Gasteiger partial charge in [0.25, 0.3) is 0 Å². The average Bonchev–Trinajstić information content (AvgIpc) is 2.61. The Balaban J connectivity index is 2.23. The third kappa shape index (κ3) is 3.48. The molecule has 0 saturated heterocycles. The second-order valence-electron chi connectivity index (χ2n) is 5.99. The highest BCUT2D eigenvalue weighted by molar-refractivity contribution is 6.31. The van der Waals surface area contributed by atoms with Gasteiger partial charge in [-0.1, -0.05) is 41.4 Å². The molecule has 0 aliphatic carbocycles. The maximum absolute atomic E-state index is 13.9. The van der Waals surface area contributed by atoms with Crippen LogP contribution in [0.2, 0.25) is 5.02 Å². The average molecular weight is 374 g/mol. The van der Waals surface area contributed by atoms with E-state index in [1.807, 2.05) is 31.2 Å². The van der Waals surface area contributed by atoms with Crippen molar-refractivity contribution >= 4 is 28.5 Å². The first-order valence-electron chi connectivity index (χ1n) is 8.15. The largest absolute Gasteiger partial charge is 0.462 e. The second-order valence-corrected chi connectivity index (χ2v) is 6.40. The molecule has 4 nitrogen and oxygen atoms in total. The van der Waals surface area contributed by atoms with Gasteiger partial charge in [-0.15, -0.1) is 0 Å². The molecular weight excluding hydrogens is 357 g/mol. The Bertz CT molecular complexity index is 1040. The molecule has 0 N–H and O–H groups in total. The topological polar surface area (TPSA) is 48.3 Å². The van der Waals surface area contributed by atoms with Crippen molar-refractivity contribution < 1.29 is 13.9 Å². The van der Waals surface area contributed by atoms with Crippen molar-refractivity contribution in [1.29, 1.82) is 0 Å². The fraction of sp³-hybridized carbons (Fsp3) is 0.200. The summed E-state index contributed by atoms with van der Waals surface area (Å²) in [4.78, 5) is 24.8. The van der Waals surface area contributed by atoms with Crippen LogP contribution in [0.4, 0.5) is 4.39 Å². The number of hydrogen-bond donors (Lipinski definition) is 0. The van der Waals surface area contributed by atoms with Crippen LogP contribution in [0.1, 0.15) is 28.4 Å². The SMILES string of the molecule is CCOC(=O)c1cn(Cc2ccc(C)cc2)c2cc(Cl)c(F)cc2c1=O. The smallest absolute Gasteiger partial charge is 0.343 e. The Kier molecular flexibility index (Phi) is 5.09. The van der Waals surface area contributed by atoms with E-state index >= 15 is 0 Å². The molecule has 2 aromatic carbocycles. The Morgan fingerprint density at radius 2 is 1.92 bits per heavy atom. The van der Waals surface area contributed by atoms with Gasteiger partial charge in [-0.3, -0.25) is 4.79 Å². The fourth-order valence-corrected chi connectivity index (χ4v) is 2.92. The highest BCUT2D eigenvalue weighted by Crippen LogP contribution is 2.22. The summed E-state index contributed by atoms with van der Waals surface area (Å²) >= 11 is 5.91. The number of hydrogen-bond acceptors (Lipinski definition) is 3. The molecule has 0 saturated carbocycles. The molecule has 0 amide bonds. The molecule has 3 aromatic rings. The van der Waals surface area contributed by atoms with E-state index in [0.29, 0.717) is 12.1 Å². The zero-order valence-corrected chi connectivity index (χ0v) is 15.1. The predicted molar refractivity (Wildman–Crippen MR) is 99.4 cm³/mol. The van der Waals surface area contributed by atoms with Crippen molar-refractivity contribution in [3.05, 3.63) is 80.3 Å². The Labute approximate surface area is 154 Å². The van der Waals surface area contributed by atoms with Crippen molar-refractivity contribution in [3.63, 3.8) is 0 Å². The molecule has 3 rings (SSSR count). The molecule has 26 heavy (non-hydrogen) atoms. The number of carbonyl (C=O) groups excluding carboxylic acids is 1. The van der Waals surface area contributed by atoms with Gasteiger partial charge in [-0.25, -0.2) is 9.18 Å². The van der Waals surface area contributed by atoms with E-state index in [-0.39, 0.29) is 22.6 Å². The highest BCUT2D eigenvalue weighted by atomic mass is 35.5. The molecule has 1 heterocycles. The van der Waals surface area contributed by atoms with Gasteiger partial charge in [-0.05, 0) is 31.5 Å². The number of esters is 1. The van der Waals surface area contributed by atoms with Crippen LogP contribution in [0.5, 0.6) is 0 Å². The van der Waals surface area contributed by atoms with Crippen LogP contribution < -0.4 is 5.43 Å². The van der Waals surface area contributed by atoms with Gasteiger partial charge < -0.3 is 9.30 Å². The third-order valence-corrected chi connectivity index (χ3v) is 4.38. The number of ether oxygens (including phenoxy) is 1. The lowest BCUT2D eigenvalue weighted by Crippen LogP contribution is -2.21. The molecule has 6 heteroatoms. The zero-order valence-electron chi connectivity index (χ0n) is 14.4. The second kappa shape index (κ2) is 7.30. The van der Waals surface area contributed by atoms with Crippen LogP contribution in [0.3, 0.4) is 0 Å². The molecule has 134 valence electrons. The quantitative estimate of drug-likeness (QED) is 0.639. The van der Waals surface area contributed by atoms with Gasteiger partial charge >= 0.3 is 5.97 Å². The van der Waals surface area contributed by atoms with Crippen molar-refractivity contribution in [2.75, 3.05) is 6.61 Å². The molecule has 0 fully saturated rings. The van der Waals surface area contributed by atoms with Crippen molar-refractivity contribution in [2.24, 2.45) is 0 Å². The van der Waals surface area contributed by atoms with Crippen LogP contribution in [-0.2, 0) is 11.3 Å². The van der Waals surface area contributed by atoms with Gasteiger partial charge in [-0.2, -0.15) is 0 Å². The maximum Gasteiger partial charge on any atom is 0.343 e. The lowest BCUT2D eigenvalue weighted by Gasteiger charge is -2.14. The van der Waals surface area contributed by atoms with Gasteiger partial charge in [0.15, 0.2) is 0 Å². The Morgan fingerprint density at radius 3 is 2.58 bits per heavy atom. The number of fused-ring (bicyclic) bond motifs is 1. The third-order valence-electron chi connectivity index (χ3n) is 4.09. The van der Waals surface area contributed by atoms with Crippen molar-refractivity contribution in [2.45, 2.75) is 20.4 Å². The summed E-state index contributed by atoms with van der Waals surface area (Å²) in [5.74, 6) is -1.44. The van der Waals surface area contributed by atoms with Gasteiger partial charge in [0.05, 0.1) is 17.1 Å². The minimum atomic E-state index is -0.729. The standard InChI is InChI=1S/C20H17ClFNO3/c1-3-26-20(25)15-11-23(10-13-6-4-12(2)5-7-13)18-9-16(21)17(22)8-14(18)19(15)24/h4-9,11H,3,10H2,1-2H3. The zero-order chi connectivity index (χ0) is 18.8. The highest BCUT2D eigenvalue weighted by Gasteiger charge is 2.18. The summed E-state index contributed by atoms with van der Waals surface area (Å²) < 4.78 is 20.6. The van der Waals surface area contributed by atoms with E-state index in [0.717, 1.165) is 17.2 Å².